The van der Waals surface area contributed by atoms with Gasteiger partial charge in [0, 0.05) is 10.6 Å². The average molecular weight is 391 g/mol. The molecule has 4 rings (SSSR count). The van der Waals surface area contributed by atoms with Crippen molar-refractivity contribution in [1.29, 1.82) is 0 Å². The van der Waals surface area contributed by atoms with E-state index in [1.54, 1.807) is 23.5 Å². The predicted octanol–water partition coefficient (Wildman–Crippen LogP) is 5.88. The lowest BCUT2D eigenvalue weighted by Gasteiger charge is -2.08. The molecule has 1 N–H and O–H groups in total. The number of carbonyl (C=O) groups is 1. The van der Waals surface area contributed by atoms with E-state index >= 15 is 0 Å². The molecule has 0 radical (unpaired) electrons. The van der Waals surface area contributed by atoms with Crippen molar-refractivity contribution >= 4 is 50.8 Å². The highest BCUT2D eigenvalue weighted by molar-refractivity contribution is 7.19. The first-order valence-electron chi connectivity index (χ1n) is 8.39. The molecule has 0 saturated carbocycles. The van der Waals surface area contributed by atoms with E-state index in [9.17, 15) is 4.79 Å². The minimum Gasteiger partial charge on any atom is -0.319 e. The molecule has 132 valence electrons. The molecule has 3 aromatic carbocycles. The molecule has 0 unspecified atom stereocenters. The molecular formula is C22H15ClN2OS. The minimum absolute atomic E-state index is 0.171. The van der Waals surface area contributed by atoms with E-state index in [-0.39, 0.29) is 5.91 Å². The van der Waals surface area contributed by atoms with E-state index in [1.165, 1.54) is 0 Å². The standard InChI is InChI=1S/C22H15ClN2OS/c23-17-12-10-15(11-13-17)14-19(24-21(26)16-6-2-1-3-7-16)22-25-18-8-4-5-9-20(18)27-22/h1-14H,(H,24,26)/b19-14-. The molecule has 0 aliphatic heterocycles. The quantitative estimate of drug-likeness (QED) is 0.473. The first kappa shape index (κ1) is 17.5. The van der Waals surface area contributed by atoms with Crippen LogP contribution in [0.2, 0.25) is 5.02 Å². The van der Waals surface area contributed by atoms with Crippen LogP contribution in [-0.2, 0) is 0 Å². The summed E-state index contributed by atoms with van der Waals surface area (Å²) < 4.78 is 1.07. The Morgan fingerprint density at radius 1 is 0.926 bits per heavy atom. The lowest BCUT2D eigenvalue weighted by molar-refractivity contribution is 0.0974. The molecule has 0 atom stereocenters. The van der Waals surface area contributed by atoms with Gasteiger partial charge in [-0.3, -0.25) is 4.79 Å². The highest BCUT2D eigenvalue weighted by Crippen LogP contribution is 2.27. The number of aromatic nitrogens is 1. The largest absolute Gasteiger partial charge is 0.319 e. The Morgan fingerprint density at radius 3 is 2.37 bits per heavy atom. The van der Waals surface area contributed by atoms with Crippen molar-refractivity contribution in [3.05, 3.63) is 100 Å². The van der Waals surface area contributed by atoms with Gasteiger partial charge in [-0.1, -0.05) is 54.1 Å². The number of hydrogen-bond acceptors (Lipinski definition) is 3. The maximum Gasteiger partial charge on any atom is 0.255 e. The third-order valence-corrected chi connectivity index (χ3v) is 5.31. The van der Waals surface area contributed by atoms with E-state index < -0.39 is 0 Å². The lowest BCUT2D eigenvalue weighted by Crippen LogP contribution is -2.21. The minimum atomic E-state index is -0.171. The van der Waals surface area contributed by atoms with Crippen LogP contribution in [0, 0.1) is 0 Å². The molecule has 1 heterocycles. The third kappa shape index (κ3) is 4.08. The van der Waals surface area contributed by atoms with Crippen LogP contribution in [0.25, 0.3) is 22.0 Å². The van der Waals surface area contributed by atoms with Gasteiger partial charge in [-0.2, -0.15) is 0 Å². The molecule has 0 aliphatic rings. The van der Waals surface area contributed by atoms with Crippen molar-refractivity contribution < 1.29 is 4.79 Å². The number of rotatable bonds is 4. The maximum atomic E-state index is 12.7. The summed E-state index contributed by atoms with van der Waals surface area (Å²) in [6.45, 7) is 0. The van der Waals surface area contributed by atoms with Gasteiger partial charge in [-0.15, -0.1) is 11.3 Å². The number of hydrogen-bond donors (Lipinski definition) is 1. The molecule has 4 aromatic rings. The number of halogens is 1. The van der Waals surface area contributed by atoms with Gasteiger partial charge < -0.3 is 5.32 Å². The van der Waals surface area contributed by atoms with Gasteiger partial charge in [0.1, 0.15) is 5.01 Å². The molecule has 27 heavy (non-hydrogen) atoms. The molecule has 1 aromatic heterocycles. The van der Waals surface area contributed by atoms with Gasteiger partial charge in [-0.05, 0) is 48.0 Å². The Morgan fingerprint density at radius 2 is 1.63 bits per heavy atom. The fourth-order valence-electron chi connectivity index (χ4n) is 2.65. The number of para-hydroxylation sites is 1. The molecule has 0 bridgehead atoms. The van der Waals surface area contributed by atoms with Crippen LogP contribution in [-0.4, -0.2) is 10.9 Å². The molecule has 0 saturated heterocycles. The topological polar surface area (TPSA) is 42.0 Å². The molecular weight excluding hydrogens is 376 g/mol. The van der Waals surface area contributed by atoms with E-state index in [1.807, 2.05) is 72.8 Å². The fraction of sp³-hybridized carbons (Fsp3) is 0. The van der Waals surface area contributed by atoms with Gasteiger partial charge in [0.25, 0.3) is 5.91 Å². The molecule has 0 aliphatic carbocycles. The lowest BCUT2D eigenvalue weighted by atomic mass is 10.1. The molecule has 0 spiro atoms. The van der Waals surface area contributed by atoms with Crippen LogP contribution in [0.1, 0.15) is 20.9 Å². The number of fused-ring (bicyclic) bond motifs is 1. The fourth-order valence-corrected chi connectivity index (χ4v) is 3.71. The highest BCUT2D eigenvalue weighted by Gasteiger charge is 2.13. The Labute approximate surface area is 166 Å². The van der Waals surface area contributed by atoms with Crippen molar-refractivity contribution in [3.8, 4) is 0 Å². The molecule has 1 amide bonds. The zero-order chi connectivity index (χ0) is 18.6. The first-order valence-corrected chi connectivity index (χ1v) is 9.58. The summed E-state index contributed by atoms with van der Waals surface area (Å²) in [5.41, 5.74) is 3.10. The highest BCUT2D eigenvalue weighted by atomic mass is 35.5. The normalized spacial score (nSPS) is 11.5. The van der Waals surface area contributed by atoms with Gasteiger partial charge in [-0.25, -0.2) is 4.98 Å². The van der Waals surface area contributed by atoms with Crippen molar-refractivity contribution in [2.75, 3.05) is 0 Å². The van der Waals surface area contributed by atoms with Crippen LogP contribution < -0.4 is 5.32 Å². The maximum absolute atomic E-state index is 12.7. The zero-order valence-corrected chi connectivity index (χ0v) is 15.8. The second kappa shape index (κ2) is 7.74. The van der Waals surface area contributed by atoms with Crippen LogP contribution in [0.3, 0.4) is 0 Å². The Hall–Kier alpha value is -2.95. The zero-order valence-electron chi connectivity index (χ0n) is 14.2. The second-order valence-electron chi connectivity index (χ2n) is 5.92. The summed E-state index contributed by atoms with van der Waals surface area (Å²) >= 11 is 7.53. The number of benzene rings is 3. The number of carbonyl (C=O) groups excluding carboxylic acids is 1. The first-order chi connectivity index (χ1) is 13.2. The summed E-state index contributed by atoms with van der Waals surface area (Å²) in [7, 11) is 0. The van der Waals surface area contributed by atoms with Crippen LogP contribution in [0.15, 0.2) is 78.9 Å². The smallest absolute Gasteiger partial charge is 0.255 e. The third-order valence-electron chi connectivity index (χ3n) is 3.99. The van der Waals surface area contributed by atoms with E-state index in [4.69, 9.17) is 11.6 Å². The molecule has 5 heteroatoms. The second-order valence-corrected chi connectivity index (χ2v) is 7.38. The number of nitrogens with one attached hydrogen (secondary N) is 1. The van der Waals surface area contributed by atoms with Crippen molar-refractivity contribution in [1.82, 2.24) is 10.3 Å². The Kier molecular flexibility index (Phi) is 5.01. The number of amides is 1. The van der Waals surface area contributed by atoms with Gasteiger partial charge in [0.2, 0.25) is 0 Å². The Balaban J connectivity index is 1.74. The summed E-state index contributed by atoms with van der Waals surface area (Å²) in [4.78, 5) is 17.4. The van der Waals surface area contributed by atoms with Crippen molar-refractivity contribution in [3.63, 3.8) is 0 Å². The molecule has 0 fully saturated rings. The predicted molar refractivity (Wildman–Crippen MR) is 113 cm³/mol. The Bertz CT molecular complexity index is 1080. The summed E-state index contributed by atoms with van der Waals surface area (Å²) in [6, 6.07) is 24.5. The van der Waals surface area contributed by atoms with Crippen molar-refractivity contribution in [2.45, 2.75) is 0 Å². The van der Waals surface area contributed by atoms with E-state index in [2.05, 4.69) is 10.3 Å². The van der Waals surface area contributed by atoms with Gasteiger partial charge >= 0.3 is 0 Å². The SMILES string of the molecule is O=C(N/C(=C\c1ccc(Cl)cc1)c1nc2ccccc2s1)c1ccccc1. The average Bonchev–Trinajstić information content (AvgIpc) is 3.14. The van der Waals surface area contributed by atoms with E-state index in [0.717, 1.165) is 20.8 Å². The number of nitrogens with zero attached hydrogens (tertiary/aromatic N) is 1. The van der Waals surface area contributed by atoms with Crippen LogP contribution >= 0.6 is 22.9 Å². The van der Waals surface area contributed by atoms with Crippen molar-refractivity contribution in [2.24, 2.45) is 0 Å². The monoisotopic (exact) mass is 390 g/mol. The summed E-state index contributed by atoms with van der Waals surface area (Å²) in [6.07, 6.45) is 1.91. The van der Waals surface area contributed by atoms with Gasteiger partial charge in [0.15, 0.2) is 0 Å². The number of thiazole rings is 1. The van der Waals surface area contributed by atoms with Gasteiger partial charge in [0.05, 0.1) is 15.9 Å². The summed E-state index contributed by atoms with van der Waals surface area (Å²) in [5, 5.41) is 4.44. The van der Waals surface area contributed by atoms with E-state index in [0.29, 0.717) is 16.3 Å². The summed E-state index contributed by atoms with van der Waals surface area (Å²) in [5.74, 6) is -0.171. The van der Waals surface area contributed by atoms with Crippen LogP contribution in [0.5, 0.6) is 0 Å². The van der Waals surface area contributed by atoms with Crippen LogP contribution in [0.4, 0.5) is 0 Å². The molecule has 3 nitrogen and oxygen atoms in total.